The Morgan fingerprint density at radius 3 is 2.21 bits per heavy atom. The van der Waals surface area contributed by atoms with Crippen LogP contribution in [-0.2, 0) is 14.9 Å². The molecule has 0 bridgehead atoms. The number of hydrogen-bond donors (Lipinski definition) is 1. The van der Waals surface area contributed by atoms with E-state index in [1.54, 1.807) is 15.7 Å². The van der Waals surface area contributed by atoms with E-state index in [1.807, 2.05) is 13.8 Å². The zero-order valence-electron chi connectivity index (χ0n) is 12.0. The molecule has 1 N–H and O–H groups in total. The summed E-state index contributed by atoms with van der Waals surface area (Å²) in [6.45, 7) is 6.51. The van der Waals surface area contributed by atoms with Crippen LogP contribution in [0.25, 0.3) is 0 Å². The van der Waals surface area contributed by atoms with Gasteiger partial charge in [0.2, 0.25) is 0 Å². The van der Waals surface area contributed by atoms with E-state index in [2.05, 4.69) is 5.32 Å². The van der Waals surface area contributed by atoms with Crippen LogP contribution in [0.3, 0.4) is 0 Å². The average molecular weight is 291 g/mol. The molecule has 2 rings (SSSR count). The summed E-state index contributed by atoms with van der Waals surface area (Å²) in [6.07, 6.45) is 1.68. The largest absolute Gasteiger partial charge is 0.373 e. The van der Waals surface area contributed by atoms with Crippen molar-refractivity contribution in [3.63, 3.8) is 0 Å². The lowest BCUT2D eigenvalue weighted by Gasteiger charge is -2.39. The standard InChI is InChI=1S/C12H25N3O3S/c1-10-8-15(9-11(2)18-10)19(16,17)14(3)12-4-6-13-7-5-12/h10-13H,4-9H2,1-3H3. The minimum atomic E-state index is -3.37. The van der Waals surface area contributed by atoms with Crippen LogP contribution >= 0.6 is 0 Å². The van der Waals surface area contributed by atoms with Crippen LogP contribution in [-0.4, -0.2) is 68.5 Å². The first kappa shape index (κ1) is 15.2. The Morgan fingerprint density at radius 2 is 1.68 bits per heavy atom. The number of ether oxygens (including phenoxy) is 1. The van der Waals surface area contributed by atoms with E-state index in [0.717, 1.165) is 25.9 Å². The molecule has 0 amide bonds. The highest BCUT2D eigenvalue weighted by Crippen LogP contribution is 2.20. The monoisotopic (exact) mass is 291 g/mol. The van der Waals surface area contributed by atoms with Crippen molar-refractivity contribution in [2.75, 3.05) is 33.2 Å². The van der Waals surface area contributed by atoms with Gasteiger partial charge in [0, 0.05) is 26.2 Å². The molecule has 7 heteroatoms. The summed E-state index contributed by atoms with van der Waals surface area (Å²) < 4.78 is 34.0. The molecular formula is C12H25N3O3S. The third-order valence-electron chi connectivity index (χ3n) is 3.90. The summed E-state index contributed by atoms with van der Waals surface area (Å²) in [6, 6.07) is 0.111. The molecule has 0 spiro atoms. The normalized spacial score (nSPS) is 31.8. The van der Waals surface area contributed by atoms with Gasteiger partial charge in [0.05, 0.1) is 12.2 Å². The Labute approximate surface area is 116 Å². The van der Waals surface area contributed by atoms with Crippen molar-refractivity contribution in [3.05, 3.63) is 0 Å². The highest BCUT2D eigenvalue weighted by molar-refractivity contribution is 7.86. The lowest BCUT2D eigenvalue weighted by molar-refractivity contribution is -0.0456. The van der Waals surface area contributed by atoms with Gasteiger partial charge in [-0.3, -0.25) is 0 Å². The molecule has 0 saturated carbocycles. The van der Waals surface area contributed by atoms with Crippen molar-refractivity contribution in [2.24, 2.45) is 0 Å². The molecule has 0 aliphatic carbocycles. The molecule has 2 saturated heterocycles. The number of rotatable bonds is 3. The van der Waals surface area contributed by atoms with Gasteiger partial charge in [-0.05, 0) is 39.8 Å². The summed E-state index contributed by atoms with van der Waals surface area (Å²) in [5, 5.41) is 3.26. The third-order valence-corrected chi connectivity index (χ3v) is 5.88. The molecule has 6 nitrogen and oxygen atoms in total. The molecule has 2 atom stereocenters. The lowest BCUT2D eigenvalue weighted by atomic mass is 10.1. The molecule has 2 fully saturated rings. The molecule has 112 valence electrons. The smallest absolute Gasteiger partial charge is 0.282 e. The first-order chi connectivity index (χ1) is 8.91. The summed E-state index contributed by atoms with van der Waals surface area (Å²) in [5.74, 6) is 0. The van der Waals surface area contributed by atoms with Gasteiger partial charge in [-0.25, -0.2) is 0 Å². The van der Waals surface area contributed by atoms with Crippen LogP contribution in [0.5, 0.6) is 0 Å². The van der Waals surface area contributed by atoms with Crippen LogP contribution in [0.1, 0.15) is 26.7 Å². The second-order valence-electron chi connectivity index (χ2n) is 5.58. The predicted molar refractivity (Wildman–Crippen MR) is 74.2 cm³/mol. The molecule has 2 aliphatic heterocycles. The number of hydrogen-bond acceptors (Lipinski definition) is 4. The quantitative estimate of drug-likeness (QED) is 0.796. The summed E-state index contributed by atoms with van der Waals surface area (Å²) in [7, 11) is -1.66. The number of morpholine rings is 1. The molecule has 2 heterocycles. The highest BCUT2D eigenvalue weighted by Gasteiger charge is 2.36. The second-order valence-corrected chi connectivity index (χ2v) is 7.57. The van der Waals surface area contributed by atoms with Crippen molar-refractivity contribution in [1.82, 2.24) is 13.9 Å². The summed E-state index contributed by atoms with van der Waals surface area (Å²) in [4.78, 5) is 0. The molecule has 2 aliphatic rings. The SMILES string of the molecule is CC1CN(S(=O)(=O)N(C)C2CCNCC2)CC(C)O1. The molecule has 19 heavy (non-hydrogen) atoms. The Hall–Kier alpha value is -0.210. The van der Waals surface area contributed by atoms with E-state index in [4.69, 9.17) is 4.74 Å². The zero-order valence-corrected chi connectivity index (χ0v) is 12.8. The van der Waals surface area contributed by atoms with Gasteiger partial charge in [0.25, 0.3) is 10.2 Å². The molecule has 0 radical (unpaired) electrons. The Balaban J connectivity index is 2.07. The molecule has 0 aromatic heterocycles. The predicted octanol–water partition coefficient (Wildman–Crippen LogP) is 0.0242. The average Bonchev–Trinajstić information content (AvgIpc) is 2.37. The highest BCUT2D eigenvalue weighted by atomic mass is 32.2. The first-order valence-corrected chi connectivity index (χ1v) is 8.40. The molecular weight excluding hydrogens is 266 g/mol. The van der Waals surface area contributed by atoms with E-state index >= 15 is 0 Å². The fourth-order valence-corrected chi connectivity index (χ4v) is 4.61. The fourth-order valence-electron chi connectivity index (χ4n) is 2.86. The Kier molecular flexibility index (Phi) is 4.84. The molecule has 0 aromatic rings. The number of nitrogens with zero attached hydrogens (tertiary/aromatic N) is 2. The van der Waals surface area contributed by atoms with E-state index in [9.17, 15) is 8.42 Å². The van der Waals surface area contributed by atoms with E-state index < -0.39 is 10.2 Å². The van der Waals surface area contributed by atoms with Crippen molar-refractivity contribution >= 4 is 10.2 Å². The maximum Gasteiger partial charge on any atom is 0.282 e. The molecule has 2 unspecified atom stereocenters. The van der Waals surface area contributed by atoms with E-state index in [-0.39, 0.29) is 18.2 Å². The van der Waals surface area contributed by atoms with E-state index in [1.165, 1.54) is 0 Å². The minimum Gasteiger partial charge on any atom is -0.373 e. The van der Waals surface area contributed by atoms with Gasteiger partial charge >= 0.3 is 0 Å². The van der Waals surface area contributed by atoms with Crippen molar-refractivity contribution in [3.8, 4) is 0 Å². The van der Waals surface area contributed by atoms with Crippen LogP contribution in [0.4, 0.5) is 0 Å². The second kappa shape index (κ2) is 6.05. The minimum absolute atomic E-state index is 0.0417. The zero-order chi connectivity index (χ0) is 14.0. The maximum absolute atomic E-state index is 12.7. The van der Waals surface area contributed by atoms with Crippen molar-refractivity contribution in [1.29, 1.82) is 0 Å². The van der Waals surface area contributed by atoms with Gasteiger partial charge < -0.3 is 10.1 Å². The van der Waals surface area contributed by atoms with Gasteiger partial charge in [-0.1, -0.05) is 0 Å². The first-order valence-electron chi connectivity index (χ1n) is 7.00. The van der Waals surface area contributed by atoms with Crippen LogP contribution in [0.15, 0.2) is 0 Å². The van der Waals surface area contributed by atoms with E-state index in [0.29, 0.717) is 13.1 Å². The topological polar surface area (TPSA) is 61.9 Å². The van der Waals surface area contributed by atoms with Crippen LogP contribution in [0.2, 0.25) is 0 Å². The third kappa shape index (κ3) is 3.46. The Bertz CT molecular complexity index is 385. The summed E-state index contributed by atoms with van der Waals surface area (Å²) in [5.41, 5.74) is 0. The number of piperidine rings is 1. The molecule has 0 aromatic carbocycles. The van der Waals surface area contributed by atoms with Gasteiger partial charge in [-0.2, -0.15) is 17.0 Å². The van der Waals surface area contributed by atoms with Crippen LogP contribution < -0.4 is 5.32 Å². The number of nitrogens with one attached hydrogen (secondary N) is 1. The van der Waals surface area contributed by atoms with Gasteiger partial charge in [0.1, 0.15) is 0 Å². The van der Waals surface area contributed by atoms with Gasteiger partial charge in [-0.15, -0.1) is 0 Å². The summed E-state index contributed by atoms with van der Waals surface area (Å²) >= 11 is 0. The van der Waals surface area contributed by atoms with Gasteiger partial charge in [0.15, 0.2) is 0 Å². The fraction of sp³-hybridized carbons (Fsp3) is 1.00. The Morgan fingerprint density at radius 1 is 1.16 bits per heavy atom. The lowest BCUT2D eigenvalue weighted by Crippen LogP contribution is -2.55. The van der Waals surface area contributed by atoms with Crippen molar-refractivity contribution < 1.29 is 13.2 Å². The van der Waals surface area contributed by atoms with Crippen molar-refractivity contribution in [2.45, 2.75) is 44.9 Å². The van der Waals surface area contributed by atoms with Crippen LogP contribution in [0, 0.1) is 0 Å². The maximum atomic E-state index is 12.7.